The molecule has 110 valence electrons. The monoisotopic (exact) mass is 326 g/mol. The van der Waals surface area contributed by atoms with E-state index in [-0.39, 0.29) is 12.2 Å². The fourth-order valence-corrected chi connectivity index (χ4v) is 3.80. The normalized spacial score (nSPS) is 20.2. The van der Waals surface area contributed by atoms with E-state index in [0.29, 0.717) is 0 Å². The topological polar surface area (TPSA) is 24.1 Å². The molecule has 1 aliphatic heterocycles. The molecule has 0 aliphatic carbocycles. The highest BCUT2D eigenvalue weighted by molar-refractivity contribution is 7.10. The maximum atomic E-state index is 6.21. The molecule has 4 heteroatoms. The molecule has 0 amide bonds. The van der Waals surface area contributed by atoms with Crippen molar-refractivity contribution < 1.29 is 0 Å². The number of anilines is 1. The summed E-state index contributed by atoms with van der Waals surface area (Å²) in [7, 11) is 0. The highest BCUT2D eigenvalue weighted by atomic mass is 35.5. The molecule has 0 saturated carbocycles. The van der Waals surface area contributed by atoms with Crippen molar-refractivity contribution in [3.05, 3.63) is 87.1 Å². The fraction of sp³-hybridized carbons (Fsp3) is 0.111. The van der Waals surface area contributed by atoms with E-state index < -0.39 is 0 Å². The van der Waals surface area contributed by atoms with Gasteiger partial charge in [-0.25, -0.2) is 0 Å². The Morgan fingerprint density at radius 3 is 2.59 bits per heavy atom. The molecule has 4 rings (SSSR count). The molecule has 2 atom stereocenters. The molecular weight excluding hydrogens is 312 g/mol. The number of halogens is 1. The summed E-state index contributed by atoms with van der Waals surface area (Å²) in [6, 6.07) is 20.9. The van der Waals surface area contributed by atoms with Gasteiger partial charge in [0.25, 0.3) is 0 Å². The van der Waals surface area contributed by atoms with Gasteiger partial charge in [0.2, 0.25) is 0 Å². The Morgan fingerprint density at radius 1 is 0.955 bits per heavy atom. The molecule has 0 fully saturated rings. The minimum Gasteiger partial charge on any atom is -0.365 e. The zero-order valence-corrected chi connectivity index (χ0v) is 13.4. The van der Waals surface area contributed by atoms with Gasteiger partial charge in [-0.2, -0.15) is 0 Å². The lowest BCUT2D eigenvalue weighted by Crippen LogP contribution is -2.36. The quantitative estimate of drug-likeness (QED) is 0.676. The molecule has 0 bridgehead atoms. The Morgan fingerprint density at radius 2 is 1.82 bits per heavy atom. The van der Waals surface area contributed by atoms with Gasteiger partial charge in [0.15, 0.2) is 0 Å². The number of thiophene rings is 1. The first-order valence-electron chi connectivity index (χ1n) is 7.21. The van der Waals surface area contributed by atoms with E-state index in [1.165, 1.54) is 16.0 Å². The summed E-state index contributed by atoms with van der Waals surface area (Å²) < 4.78 is 0. The molecule has 2 aromatic carbocycles. The summed E-state index contributed by atoms with van der Waals surface area (Å²) >= 11 is 7.97. The molecular formula is C18H15ClN2S. The maximum absolute atomic E-state index is 6.21. The second-order valence-electron chi connectivity index (χ2n) is 5.33. The van der Waals surface area contributed by atoms with Gasteiger partial charge in [0.05, 0.1) is 6.04 Å². The summed E-state index contributed by atoms with van der Waals surface area (Å²) in [4.78, 5) is 1.28. The van der Waals surface area contributed by atoms with E-state index in [0.717, 1.165) is 10.7 Å². The van der Waals surface area contributed by atoms with Gasteiger partial charge in [-0.05, 0) is 40.8 Å². The second-order valence-corrected chi connectivity index (χ2v) is 6.75. The van der Waals surface area contributed by atoms with Crippen molar-refractivity contribution in [2.75, 3.05) is 5.32 Å². The van der Waals surface area contributed by atoms with Crippen LogP contribution in [0.5, 0.6) is 0 Å². The van der Waals surface area contributed by atoms with Crippen LogP contribution in [0.25, 0.3) is 0 Å². The van der Waals surface area contributed by atoms with Crippen LogP contribution in [0.4, 0.5) is 5.69 Å². The van der Waals surface area contributed by atoms with Crippen molar-refractivity contribution in [1.29, 1.82) is 0 Å². The van der Waals surface area contributed by atoms with E-state index in [4.69, 9.17) is 11.6 Å². The Labute approximate surface area is 138 Å². The Kier molecular flexibility index (Phi) is 3.62. The molecule has 2 heterocycles. The first-order valence-corrected chi connectivity index (χ1v) is 8.47. The molecule has 2 nitrogen and oxygen atoms in total. The highest BCUT2D eigenvalue weighted by Crippen LogP contribution is 2.38. The SMILES string of the molecule is Clc1ccc2c(c1)C(c1ccccc1)NC(c1cccs1)N2. The zero-order chi connectivity index (χ0) is 14.9. The standard InChI is InChI=1S/C18H15ClN2S/c19-13-8-9-15-14(11-13)17(12-5-2-1-3-6-12)21-18(20-15)16-7-4-10-22-16/h1-11,17-18,20-21H. The van der Waals surface area contributed by atoms with Crippen LogP contribution in [0, 0.1) is 0 Å². The molecule has 22 heavy (non-hydrogen) atoms. The summed E-state index contributed by atoms with van der Waals surface area (Å²) in [6.45, 7) is 0. The molecule has 2 unspecified atom stereocenters. The lowest BCUT2D eigenvalue weighted by molar-refractivity contribution is 0.512. The predicted molar refractivity (Wildman–Crippen MR) is 93.6 cm³/mol. The average Bonchev–Trinajstić information content (AvgIpc) is 3.09. The van der Waals surface area contributed by atoms with Gasteiger partial charge < -0.3 is 5.32 Å². The molecule has 0 spiro atoms. The smallest absolute Gasteiger partial charge is 0.113 e. The van der Waals surface area contributed by atoms with Crippen molar-refractivity contribution in [3.8, 4) is 0 Å². The van der Waals surface area contributed by atoms with Crippen molar-refractivity contribution in [2.45, 2.75) is 12.2 Å². The van der Waals surface area contributed by atoms with Gasteiger partial charge in [0.1, 0.15) is 6.17 Å². The Bertz CT molecular complexity index is 771. The van der Waals surface area contributed by atoms with Gasteiger partial charge in [0, 0.05) is 15.6 Å². The number of hydrogen-bond donors (Lipinski definition) is 2. The van der Waals surface area contributed by atoms with Crippen LogP contribution in [0.1, 0.15) is 28.2 Å². The lowest BCUT2D eigenvalue weighted by atomic mass is 9.94. The Hall–Kier alpha value is -1.81. The summed E-state index contributed by atoms with van der Waals surface area (Å²) in [5, 5.41) is 10.1. The van der Waals surface area contributed by atoms with Crippen LogP contribution in [0.3, 0.4) is 0 Å². The van der Waals surface area contributed by atoms with Crippen molar-refractivity contribution in [2.24, 2.45) is 0 Å². The average molecular weight is 327 g/mol. The Balaban J connectivity index is 1.80. The predicted octanol–water partition coefficient (Wildman–Crippen LogP) is 5.20. The van der Waals surface area contributed by atoms with Crippen LogP contribution in [0.2, 0.25) is 5.02 Å². The molecule has 0 radical (unpaired) electrons. The summed E-state index contributed by atoms with van der Waals surface area (Å²) in [5.41, 5.74) is 3.57. The molecule has 1 aliphatic rings. The van der Waals surface area contributed by atoms with E-state index in [1.807, 2.05) is 18.2 Å². The van der Waals surface area contributed by atoms with Crippen molar-refractivity contribution in [3.63, 3.8) is 0 Å². The van der Waals surface area contributed by atoms with Gasteiger partial charge in [-0.15, -0.1) is 11.3 Å². The minimum atomic E-state index is 0.110. The first-order chi connectivity index (χ1) is 10.8. The van der Waals surface area contributed by atoms with Crippen molar-refractivity contribution >= 4 is 28.6 Å². The van der Waals surface area contributed by atoms with Gasteiger partial charge >= 0.3 is 0 Å². The molecule has 1 aromatic heterocycles. The number of rotatable bonds is 2. The third-order valence-corrected chi connectivity index (χ3v) is 5.09. The van der Waals surface area contributed by atoms with Crippen LogP contribution >= 0.6 is 22.9 Å². The van der Waals surface area contributed by atoms with E-state index in [9.17, 15) is 0 Å². The van der Waals surface area contributed by atoms with Crippen LogP contribution < -0.4 is 10.6 Å². The van der Waals surface area contributed by atoms with E-state index >= 15 is 0 Å². The van der Waals surface area contributed by atoms with Crippen molar-refractivity contribution in [1.82, 2.24) is 5.32 Å². The third-order valence-electron chi connectivity index (χ3n) is 3.92. The van der Waals surface area contributed by atoms with E-state index in [2.05, 4.69) is 58.5 Å². The number of nitrogens with one attached hydrogen (secondary N) is 2. The lowest BCUT2D eigenvalue weighted by Gasteiger charge is -2.34. The number of fused-ring (bicyclic) bond motifs is 1. The molecule has 2 N–H and O–H groups in total. The zero-order valence-electron chi connectivity index (χ0n) is 11.8. The van der Waals surface area contributed by atoms with Gasteiger partial charge in [-0.1, -0.05) is 48.0 Å². The molecule has 0 saturated heterocycles. The summed E-state index contributed by atoms with van der Waals surface area (Å²) in [6.07, 6.45) is 0.110. The molecule has 3 aromatic rings. The van der Waals surface area contributed by atoms with E-state index in [1.54, 1.807) is 11.3 Å². The fourth-order valence-electron chi connectivity index (χ4n) is 2.89. The van der Waals surface area contributed by atoms with Crippen LogP contribution in [0.15, 0.2) is 66.0 Å². The minimum absolute atomic E-state index is 0.110. The number of hydrogen-bond acceptors (Lipinski definition) is 3. The largest absolute Gasteiger partial charge is 0.365 e. The van der Waals surface area contributed by atoms with Gasteiger partial charge in [-0.3, -0.25) is 5.32 Å². The van der Waals surface area contributed by atoms with Crippen LogP contribution in [-0.4, -0.2) is 0 Å². The second kappa shape index (κ2) is 5.76. The number of benzene rings is 2. The third kappa shape index (κ3) is 2.52. The highest BCUT2D eigenvalue weighted by Gasteiger charge is 2.28. The first kappa shape index (κ1) is 13.8. The van der Waals surface area contributed by atoms with Crippen LogP contribution in [-0.2, 0) is 0 Å². The summed E-state index contributed by atoms with van der Waals surface area (Å²) in [5.74, 6) is 0. The maximum Gasteiger partial charge on any atom is 0.113 e.